The molecule has 1 aliphatic rings. The first-order valence-corrected chi connectivity index (χ1v) is 5.61. The van der Waals surface area contributed by atoms with Crippen molar-refractivity contribution in [2.24, 2.45) is 0 Å². The summed E-state index contributed by atoms with van der Waals surface area (Å²) in [5.74, 6) is -0.319. The summed E-state index contributed by atoms with van der Waals surface area (Å²) in [5.41, 5.74) is 0.273. The number of pyridine rings is 1. The maximum atomic E-state index is 12.0. The van der Waals surface area contributed by atoms with Crippen LogP contribution in [0, 0.1) is 0 Å². The van der Waals surface area contributed by atoms with Gasteiger partial charge in [-0.1, -0.05) is 17.7 Å². The van der Waals surface area contributed by atoms with Gasteiger partial charge in [0.2, 0.25) is 5.91 Å². The van der Waals surface area contributed by atoms with Crippen LogP contribution in [0.25, 0.3) is 0 Å². The van der Waals surface area contributed by atoms with E-state index in [-0.39, 0.29) is 29.2 Å². The highest BCUT2D eigenvalue weighted by atomic mass is 35.5. The van der Waals surface area contributed by atoms with Gasteiger partial charge in [0.05, 0.1) is 0 Å². The van der Waals surface area contributed by atoms with Crippen molar-refractivity contribution in [2.75, 3.05) is 26.7 Å². The molecule has 0 N–H and O–H groups in total. The Morgan fingerprint density at radius 3 is 2.82 bits per heavy atom. The Kier molecular flexibility index (Phi) is 3.28. The Bertz CT molecular complexity index is 464. The molecule has 0 aromatic carbocycles. The minimum Gasteiger partial charge on any atom is -0.342 e. The lowest BCUT2D eigenvalue weighted by Gasteiger charge is -2.31. The Hall–Kier alpha value is -1.62. The van der Waals surface area contributed by atoms with Gasteiger partial charge in [0.25, 0.3) is 5.91 Å². The lowest BCUT2D eigenvalue weighted by atomic mass is 10.2. The first-order chi connectivity index (χ1) is 8.08. The van der Waals surface area contributed by atoms with Gasteiger partial charge in [-0.15, -0.1) is 0 Å². The summed E-state index contributed by atoms with van der Waals surface area (Å²) in [5, 5.41) is 0.274. The summed E-state index contributed by atoms with van der Waals surface area (Å²) < 4.78 is 0. The minimum atomic E-state index is -0.256. The molecule has 5 nitrogen and oxygen atoms in total. The predicted octanol–water partition coefficient (Wildman–Crippen LogP) is 0.649. The maximum absolute atomic E-state index is 12.0. The number of carbonyl (C=O) groups excluding carboxylic acids is 2. The van der Waals surface area contributed by atoms with Gasteiger partial charge < -0.3 is 9.80 Å². The maximum Gasteiger partial charge on any atom is 0.273 e. The number of amides is 2. The van der Waals surface area contributed by atoms with Crippen molar-refractivity contribution in [1.82, 2.24) is 14.8 Å². The number of hydrogen-bond acceptors (Lipinski definition) is 3. The Labute approximate surface area is 104 Å². The Balaban J connectivity index is 2.13. The van der Waals surface area contributed by atoms with E-state index in [1.807, 2.05) is 0 Å². The average Bonchev–Trinajstić information content (AvgIpc) is 2.32. The van der Waals surface area contributed by atoms with Crippen molar-refractivity contribution < 1.29 is 9.59 Å². The molecule has 0 bridgehead atoms. The van der Waals surface area contributed by atoms with Gasteiger partial charge in [0.1, 0.15) is 17.4 Å². The molecule has 0 unspecified atom stereocenters. The zero-order valence-corrected chi connectivity index (χ0v) is 10.1. The number of piperazine rings is 1. The quantitative estimate of drug-likeness (QED) is 0.691. The van der Waals surface area contributed by atoms with Crippen LogP contribution < -0.4 is 0 Å². The van der Waals surface area contributed by atoms with Crippen molar-refractivity contribution in [3.63, 3.8) is 0 Å². The second-order valence-corrected chi connectivity index (χ2v) is 4.27. The fourth-order valence-electron chi connectivity index (χ4n) is 1.62. The summed E-state index contributed by atoms with van der Waals surface area (Å²) in [6.07, 6.45) is 0. The van der Waals surface area contributed by atoms with E-state index >= 15 is 0 Å². The van der Waals surface area contributed by atoms with Crippen molar-refractivity contribution in [2.45, 2.75) is 0 Å². The summed E-state index contributed by atoms with van der Waals surface area (Å²) in [4.78, 5) is 30.6. The average molecular weight is 254 g/mol. The fraction of sp³-hybridized carbons (Fsp3) is 0.364. The van der Waals surface area contributed by atoms with E-state index in [1.165, 1.54) is 4.90 Å². The largest absolute Gasteiger partial charge is 0.342 e. The fourth-order valence-corrected chi connectivity index (χ4v) is 1.78. The topological polar surface area (TPSA) is 53.5 Å². The predicted molar refractivity (Wildman–Crippen MR) is 62.8 cm³/mol. The van der Waals surface area contributed by atoms with Crippen LogP contribution in [-0.4, -0.2) is 53.3 Å². The smallest absolute Gasteiger partial charge is 0.273 e. The van der Waals surface area contributed by atoms with Crippen molar-refractivity contribution in [1.29, 1.82) is 0 Å². The number of carbonyl (C=O) groups is 2. The van der Waals surface area contributed by atoms with Crippen LogP contribution >= 0.6 is 11.6 Å². The summed E-state index contributed by atoms with van der Waals surface area (Å²) >= 11 is 5.72. The third kappa shape index (κ3) is 2.55. The SMILES string of the molecule is CN1CCN(C(=O)c2cccc(Cl)n2)CC1=O. The molecule has 1 aromatic rings. The second kappa shape index (κ2) is 4.71. The first kappa shape index (κ1) is 11.9. The van der Waals surface area contributed by atoms with E-state index in [0.717, 1.165) is 0 Å². The molecule has 2 amide bonds. The first-order valence-electron chi connectivity index (χ1n) is 5.24. The van der Waals surface area contributed by atoms with Gasteiger partial charge in [0.15, 0.2) is 0 Å². The molecule has 2 heterocycles. The van der Waals surface area contributed by atoms with E-state index in [2.05, 4.69) is 4.98 Å². The zero-order chi connectivity index (χ0) is 12.4. The number of hydrogen-bond donors (Lipinski definition) is 0. The van der Waals surface area contributed by atoms with Crippen LogP contribution in [0.2, 0.25) is 5.15 Å². The van der Waals surface area contributed by atoms with Crippen LogP contribution in [0.4, 0.5) is 0 Å². The Morgan fingerprint density at radius 1 is 1.41 bits per heavy atom. The number of nitrogens with zero attached hydrogens (tertiary/aromatic N) is 3. The number of halogens is 1. The highest BCUT2D eigenvalue weighted by molar-refractivity contribution is 6.29. The number of aromatic nitrogens is 1. The van der Waals surface area contributed by atoms with Gasteiger partial charge in [-0.25, -0.2) is 4.98 Å². The van der Waals surface area contributed by atoms with Crippen LogP contribution in [0.3, 0.4) is 0 Å². The summed E-state index contributed by atoms with van der Waals surface area (Å²) in [7, 11) is 1.72. The molecule has 0 spiro atoms. The molecular weight excluding hydrogens is 242 g/mol. The molecule has 2 rings (SSSR count). The summed E-state index contributed by atoms with van der Waals surface area (Å²) in [6.45, 7) is 1.17. The lowest BCUT2D eigenvalue weighted by molar-refractivity contribution is -0.133. The van der Waals surface area contributed by atoms with Crippen LogP contribution in [-0.2, 0) is 4.79 Å². The molecule has 0 aliphatic carbocycles. The normalized spacial score (nSPS) is 16.2. The van der Waals surface area contributed by atoms with E-state index < -0.39 is 0 Å². The molecule has 1 fully saturated rings. The Morgan fingerprint density at radius 2 is 2.18 bits per heavy atom. The van der Waals surface area contributed by atoms with Gasteiger partial charge in [-0.3, -0.25) is 9.59 Å². The van der Waals surface area contributed by atoms with Crippen molar-refractivity contribution in [3.8, 4) is 0 Å². The molecule has 1 saturated heterocycles. The molecule has 1 aromatic heterocycles. The van der Waals surface area contributed by atoms with Gasteiger partial charge in [-0.2, -0.15) is 0 Å². The van der Waals surface area contributed by atoms with Crippen LogP contribution in [0.5, 0.6) is 0 Å². The highest BCUT2D eigenvalue weighted by Gasteiger charge is 2.26. The van der Waals surface area contributed by atoms with E-state index in [0.29, 0.717) is 13.1 Å². The van der Waals surface area contributed by atoms with E-state index in [9.17, 15) is 9.59 Å². The molecule has 17 heavy (non-hydrogen) atoms. The third-order valence-electron chi connectivity index (χ3n) is 2.68. The zero-order valence-electron chi connectivity index (χ0n) is 9.39. The highest BCUT2D eigenvalue weighted by Crippen LogP contribution is 2.10. The lowest BCUT2D eigenvalue weighted by Crippen LogP contribution is -2.50. The van der Waals surface area contributed by atoms with E-state index in [1.54, 1.807) is 30.1 Å². The number of likely N-dealkylation sites (N-methyl/N-ethyl adjacent to an activating group) is 1. The van der Waals surface area contributed by atoms with Gasteiger partial charge in [-0.05, 0) is 12.1 Å². The van der Waals surface area contributed by atoms with Gasteiger partial charge in [0, 0.05) is 20.1 Å². The minimum absolute atomic E-state index is 0.0633. The summed E-state index contributed by atoms with van der Waals surface area (Å²) in [6, 6.07) is 4.87. The second-order valence-electron chi connectivity index (χ2n) is 3.89. The number of rotatable bonds is 1. The van der Waals surface area contributed by atoms with Crippen LogP contribution in [0.15, 0.2) is 18.2 Å². The molecule has 6 heteroatoms. The molecule has 0 radical (unpaired) electrons. The third-order valence-corrected chi connectivity index (χ3v) is 2.89. The van der Waals surface area contributed by atoms with Crippen LogP contribution in [0.1, 0.15) is 10.5 Å². The molecule has 0 saturated carbocycles. The molecular formula is C11H12ClN3O2. The molecule has 1 aliphatic heterocycles. The standard InChI is InChI=1S/C11H12ClN3O2/c1-14-5-6-15(7-10(14)16)11(17)8-3-2-4-9(12)13-8/h2-4H,5-7H2,1H3. The molecule has 0 atom stereocenters. The van der Waals surface area contributed by atoms with Crippen molar-refractivity contribution in [3.05, 3.63) is 29.0 Å². The van der Waals surface area contributed by atoms with Gasteiger partial charge >= 0.3 is 0 Å². The molecule has 90 valence electrons. The monoisotopic (exact) mass is 253 g/mol. The van der Waals surface area contributed by atoms with E-state index in [4.69, 9.17) is 11.6 Å². The van der Waals surface area contributed by atoms with Crippen molar-refractivity contribution >= 4 is 23.4 Å².